The van der Waals surface area contributed by atoms with Gasteiger partial charge in [-0.15, -0.1) is 11.6 Å². The number of alkyl halides is 1. The minimum Gasteiger partial charge on any atom is -0.301 e. The van der Waals surface area contributed by atoms with Crippen molar-refractivity contribution in [3.63, 3.8) is 0 Å². The fraction of sp³-hybridized carbons (Fsp3) is 0.500. The number of hydrogen-bond acceptors (Lipinski definition) is 1. The van der Waals surface area contributed by atoms with Crippen LogP contribution in [0.2, 0.25) is 0 Å². The summed E-state index contributed by atoms with van der Waals surface area (Å²) in [6, 6.07) is 6.62. The summed E-state index contributed by atoms with van der Waals surface area (Å²) in [5.74, 6) is 0. The molecule has 14 heavy (non-hydrogen) atoms. The zero-order chi connectivity index (χ0) is 9.97. The van der Waals surface area contributed by atoms with Crippen LogP contribution in [0.3, 0.4) is 0 Å². The quantitative estimate of drug-likeness (QED) is 0.583. The monoisotopic (exact) mass is 209 g/mol. The van der Waals surface area contributed by atoms with Gasteiger partial charge < -0.3 is 5.32 Å². The molecule has 2 rings (SSSR count). The molecule has 0 amide bonds. The number of halogens is 1. The summed E-state index contributed by atoms with van der Waals surface area (Å²) < 4.78 is 0. The average molecular weight is 210 g/mol. The molecule has 1 aromatic rings. The highest BCUT2D eigenvalue weighted by molar-refractivity contribution is 6.20. The van der Waals surface area contributed by atoms with E-state index in [2.05, 4.69) is 23.5 Å². The first-order valence-corrected chi connectivity index (χ1v) is 5.68. The first-order chi connectivity index (χ1) is 6.81. The van der Waals surface area contributed by atoms with Crippen LogP contribution in [0.15, 0.2) is 18.2 Å². The Labute approximate surface area is 90.5 Å². The van der Waals surface area contributed by atoms with Crippen LogP contribution >= 0.6 is 11.6 Å². The zero-order valence-electron chi connectivity index (χ0n) is 8.52. The molecule has 0 saturated carbocycles. The standard InChI is InChI=1S/C12H16ClN/c1-14-12(13)11-7-6-9-4-2-3-5-10(9)8-11/h6-8,12,14H,2-5H2,1H3. The van der Waals surface area contributed by atoms with E-state index in [1.54, 1.807) is 0 Å². The molecule has 2 heteroatoms. The first-order valence-electron chi connectivity index (χ1n) is 5.24. The van der Waals surface area contributed by atoms with Gasteiger partial charge in [0.15, 0.2) is 0 Å². The number of rotatable bonds is 2. The Morgan fingerprint density at radius 3 is 2.64 bits per heavy atom. The molecule has 0 radical (unpaired) electrons. The summed E-state index contributed by atoms with van der Waals surface area (Å²) in [5, 5.41) is 3.05. The third-order valence-corrected chi connectivity index (χ3v) is 3.39. The van der Waals surface area contributed by atoms with Crippen LogP contribution in [0, 0.1) is 0 Å². The van der Waals surface area contributed by atoms with Gasteiger partial charge in [-0.2, -0.15) is 0 Å². The van der Waals surface area contributed by atoms with Gasteiger partial charge in [-0.05, 0) is 49.4 Å². The minimum atomic E-state index is -0.0535. The van der Waals surface area contributed by atoms with Crippen molar-refractivity contribution in [2.45, 2.75) is 31.2 Å². The van der Waals surface area contributed by atoms with E-state index in [-0.39, 0.29) is 5.50 Å². The second-order valence-corrected chi connectivity index (χ2v) is 4.32. The van der Waals surface area contributed by atoms with Crippen molar-refractivity contribution in [2.75, 3.05) is 7.05 Å². The summed E-state index contributed by atoms with van der Waals surface area (Å²) in [4.78, 5) is 0. The van der Waals surface area contributed by atoms with Crippen LogP contribution in [0.4, 0.5) is 0 Å². The normalized spacial score (nSPS) is 17.6. The van der Waals surface area contributed by atoms with E-state index in [0.717, 1.165) is 0 Å². The second-order valence-electron chi connectivity index (χ2n) is 3.89. The topological polar surface area (TPSA) is 12.0 Å². The number of benzene rings is 1. The Morgan fingerprint density at radius 1 is 1.21 bits per heavy atom. The Bertz CT molecular complexity index is 322. The molecule has 1 aliphatic rings. The lowest BCUT2D eigenvalue weighted by Gasteiger charge is -2.18. The number of fused-ring (bicyclic) bond motifs is 1. The van der Waals surface area contributed by atoms with Crippen LogP contribution in [0.5, 0.6) is 0 Å². The number of hydrogen-bond donors (Lipinski definition) is 1. The van der Waals surface area contributed by atoms with E-state index in [1.807, 2.05) is 7.05 Å². The molecular weight excluding hydrogens is 194 g/mol. The van der Waals surface area contributed by atoms with Gasteiger partial charge in [-0.3, -0.25) is 0 Å². The lowest BCUT2D eigenvalue weighted by molar-refractivity contribution is 0.681. The van der Waals surface area contributed by atoms with Crippen LogP contribution in [-0.4, -0.2) is 7.05 Å². The van der Waals surface area contributed by atoms with Gasteiger partial charge in [0.05, 0.1) is 0 Å². The molecule has 1 atom stereocenters. The van der Waals surface area contributed by atoms with Crippen molar-refractivity contribution < 1.29 is 0 Å². The van der Waals surface area contributed by atoms with E-state index in [1.165, 1.54) is 42.4 Å². The summed E-state index contributed by atoms with van der Waals surface area (Å²) in [7, 11) is 1.89. The maximum absolute atomic E-state index is 6.12. The van der Waals surface area contributed by atoms with Gasteiger partial charge in [-0.25, -0.2) is 0 Å². The lowest BCUT2D eigenvalue weighted by Crippen LogP contribution is -2.11. The smallest absolute Gasteiger partial charge is 0.108 e. The SMILES string of the molecule is CNC(Cl)c1ccc2c(c1)CCCC2. The predicted molar refractivity (Wildman–Crippen MR) is 60.7 cm³/mol. The third kappa shape index (κ3) is 1.94. The van der Waals surface area contributed by atoms with Gasteiger partial charge >= 0.3 is 0 Å². The van der Waals surface area contributed by atoms with Gasteiger partial charge in [0, 0.05) is 0 Å². The van der Waals surface area contributed by atoms with Gasteiger partial charge in [-0.1, -0.05) is 18.2 Å². The molecule has 0 fully saturated rings. The lowest BCUT2D eigenvalue weighted by atomic mass is 9.90. The van der Waals surface area contributed by atoms with Crippen molar-refractivity contribution in [3.05, 3.63) is 34.9 Å². The zero-order valence-corrected chi connectivity index (χ0v) is 9.27. The number of aryl methyl sites for hydroxylation is 2. The molecular formula is C12H16ClN. The predicted octanol–water partition coefficient (Wildman–Crippen LogP) is 3.02. The fourth-order valence-electron chi connectivity index (χ4n) is 2.08. The maximum atomic E-state index is 6.12. The number of nitrogens with one attached hydrogen (secondary N) is 1. The van der Waals surface area contributed by atoms with Crippen molar-refractivity contribution in [1.29, 1.82) is 0 Å². The van der Waals surface area contributed by atoms with Crippen LogP contribution in [0.1, 0.15) is 35.0 Å². The Morgan fingerprint density at radius 2 is 1.93 bits per heavy atom. The van der Waals surface area contributed by atoms with E-state index >= 15 is 0 Å². The average Bonchev–Trinajstić information content (AvgIpc) is 2.27. The molecule has 1 N–H and O–H groups in total. The van der Waals surface area contributed by atoms with Crippen molar-refractivity contribution in [2.24, 2.45) is 0 Å². The summed E-state index contributed by atoms with van der Waals surface area (Å²) >= 11 is 6.12. The van der Waals surface area contributed by atoms with Crippen LogP contribution in [-0.2, 0) is 12.8 Å². The molecule has 0 aromatic heterocycles. The van der Waals surface area contributed by atoms with E-state index in [4.69, 9.17) is 11.6 Å². The molecule has 0 aliphatic heterocycles. The van der Waals surface area contributed by atoms with Gasteiger partial charge in [0.25, 0.3) is 0 Å². The van der Waals surface area contributed by atoms with Gasteiger partial charge in [0.1, 0.15) is 5.50 Å². The highest BCUT2D eigenvalue weighted by Gasteiger charge is 2.11. The molecule has 1 aliphatic carbocycles. The second kappa shape index (κ2) is 4.33. The highest BCUT2D eigenvalue weighted by Crippen LogP contribution is 2.25. The molecule has 0 bridgehead atoms. The molecule has 0 spiro atoms. The molecule has 76 valence electrons. The molecule has 1 unspecified atom stereocenters. The summed E-state index contributed by atoms with van der Waals surface area (Å²) in [5.41, 5.74) is 4.15. The largest absolute Gasteiger partial charge is 0.301 e. The first kappa shape index (κ1) is 10.0. The molecule has 0 saturated heterocycles. The third-order valence-electron chi connectivity index (χ3n) is 2.92. The molecule has 1 nitrogen and oxygen atoms in total. The van der Waals surface area contributed by atoms with Crippen molar-refractivity contribution >= 4 is 11.6 Å². The summed E-state index contributed by atoms with van der Waals surface area (Å²) in [6.07, 6.45) is 5.12. The van der Waals surface area contributed by atoms with Crippen molar-refractivity contribution in [3.8, 4) is 0 Å². The van der Waals surface area contributed by atoms with E-state index in [0.29, 0.717) is 0 Å². The summed E-state index contributed by atoms with van der Waals surface area (Å²) in [6.45, 7) is 0. The Balaban J connectivity index is 2.29. The van der Waals surface area contributed by atoms with Crippen LogP contribution in [0.25, 0.3) is 0 Å². The molecule has 1 aromatic carbocycles. The highest BCUT2D eigenvalue weighted by atomic mass is 35.5. The Hall–Kier alpha value is -0.530. The van der Waals surface area contributed by atoms with Crippen molar-refractivity contribution in [1.82, 2.24) is 5.32 Å². The van der Waals surface area contributed by atoms with E-state index in [9.17, 15) is 0 Å². The molecule has 0 heterocycles. The minimum absolute atomic E-state index is 0.0535. The van der Waals surface area contributed by atoms with Crippen LogP contribution < -0.4 is 5.32 Å². The van der Waals surface area contributed by atoms with E-state index < -0.39 is 0 Å². The Kier molecular flexibility index (Phi) is 3.09. The maximum Gasteiger partial charge on any atom is 0.108 e. The fourth-order valence-corrected chi connectivity index (χ4v) is 2.21. The van der Waals surface area contributed by atoms with Gasteiger partial charge in [0.2, 0.25) is 0 Å².